The van der Waals surface area contributed by atoms with E-state index in [0.29, 0.717) is 6.54 Å². The minimum absolute atomic E-state index is 0.0630. The van der Waals surface area contributed by atoms with Crippen molar-refractivity contribution in [3.63, 3.8) is 0 Å². The van der Waals surface area contributed by atoms with E-state index in [1.807, 2.05) is 37.3 Å². The fraction of sp³-hybridized carbons (Fsp3) is 0.273. The molecule has 0 unspecified atom stereocenters. The Hall–Kier alpha value is -2.04. The molecule has 5 heteroatoms. The van der Waals surface area contributed by atoms with Gasteiger partial charge in [-0.15, -0.1) is 0 Å². The van der Waals surface area contributed by atoms with Gasteiger partial charge >= 0.3 is 0 Å². The van der Waals surface area contributed by atoms with Crippen molar-refractivity contribution in [2.45, 2.75) is 13.3 Å². The van der Waals surface area contributed by atoms with E-state index < -0.39 is 0 Å². The normalized spacial score (nSPS) is 9.56. The minimum Gasteiger partial charge on any atom is -0.370 e. The number of guanidine groups is 2. The van der Waals surface area contributed by atoms with Gasteiger partial charge in [0.15, 0.2) is 5.96 Å². The highest BCUT2D eigenvalue weighted by atomic mass is 15.3. The number of para-hydroxylation sites is 1. The lowest BCUT2D eigenvalue weighted by Crippen LogP contribution is -2.33. The number of hydrogen-bond acceptors (Lipinski definition) is 1. The third kappa shape index (κ3) is 3.27. The van der Waals surface area contributed by atoms with Gasteiger partial charge in [-0.25, -0.2) is 0 Å². The number of anilines is 1. The molecule has 1 aromatic carbocycles. The number of hydrogen-bond donors (Lipinski definition) is 3. The Morgan fingerprint density at radius 2 is 1.94 bits per heavy atom. The second-order valence-corrected chi connectivity index (χ2v) is 3.35. The van der Waals surface area contributed by atoms with Gasteiger partial charge in [0.05, 0.1) is 0 Å². The number of nitrogens with zero attached hydrogens (tertiary/aromatic N) is 2. The molecule has 0 atom stereocenters. The molecule has 0 amide bonds. The fourth-order valence-corrected chi connectivity index (χ4v) is 1.37. The standard InChI is InChI=1S/C11H17N5/c1-2-8-16(11(14)15-10(12)13)9-6-4-3-5-7-9/h3-7H,2,8H2,1H3,(H5,12,13,14,15). The number of nitrogens with two attached hydrogens (primary N) is 2. The monoisotopic (exact) mass is 219 g/mol. The van der Waals surface area contributed by atoms with Gasteiger partial charge in [-0.1, -0.05) is 25.1 Å². The van der Waals surface area contributed by atoms with E-state index in [4.69, 9.17) is 16.9 Å². The number of nitrogens with one attached hydrogen (secondary N) is 1. The van der Waals surface area contributed by atoms with E-state index >= 15 is 0 Å². The molecule has 0 aliphatic rings. The summed E-state index contributed by atoms with van der Waals surface area (Å²) in [6, 6.07) is 9.61. The maximum atomic E-state index is 7.80. The van der Waals surface area contributed by atoms with Crippen molar-refractivity contribution in [3.05, 3.63) is 30.3 Å². The number of aliphatic imine (C=N–C) groups is 1. The maximum absolute atomic E-state index is 7.80. The van der Waals surface area contributed by atoms with Crippen molar-refractivity contribution in [1.82, 2.24) is 0 Å². The zero-order chi connectivity index (χ0) is 12.0. The van der Waals surface area contributed by atoms with E-state index in [1.54, 1.807) is 4.90 Å². The quantitative estimate of drug-likeness (QED) is 0.525. The first-order valence-corrected chi connectivity index (χ1v) is 5.16. The highest BCUT2D eigenvalue weighted by Gasteiger charge is 2.09. The van der Waals surface area contributed by atoms with Crippen LogP contribution in [0.4, 0.5) is 5.69 Å². The SMILES string of the molecule is CCCN(C(=N)N=C(N)N)c1ccccc1. The van der Waals surface area contributed by atoms with Gasteiger partial charge in [0.25, 0.3) is 0 Å². The van der Waals surface area contributed by atoms with Crippen LogP contribution in [-0.2, 0) is 0 Å². The molecule has 86 valence electrons. The largest absolute Gasteiger partial charge is 0.370 e. The number of benzene rings is 1. The lowest BCUT2D eigenvalue weighted by atomic mass is 10.3. The molecule has 0 heterocycles. The Labute approximate surface area is 95.3 Å². The molecule has 0 saturated carbocycles. The van der Waals surface area contributed by atoms with Crippen LogP contribution in [0.2, 0.25) is 0 Å². The molecular weight excluding hydrogens is 202 g/mol. The van der Waals surface area contributed by atoms with Crippen molar-refractivity contribution in [3.8, 4) is 0 Å². The van der Waals surface area contributed by atoms with Crippen molar-refractivity contribution < 1.29 is 0 Å². The third-order valence-corrected chi connectivity index (χ3v) is 2.01. The summed E-state index contributed by atoms with van der Waals surface area (Å²) >= 11 is 0. The zero-order valence-electron chi connectivity index (χ0n) is 9.35. The Kier molecular flexibility index (Phi) is 4.32. The molecule has 0 aromatic heterocycles. The van der Waals surface area contributed by atoms with Crippen molar-refractivity contribution in [2.24, 2.45) is 16.5 Å². The van der Waals surface area contributed by atoms with Crippen LogP contribution in [0.3, 0.4) is 0 Å². The molecule has 5 nitrogen and oxygen atoms in total. The third-order valence-electron chi connectivity index (χ3n) is 2.01. The molecule has 1 rings (SSSR count). The summed E-state index contributed by atoms with van der Waals surface area (Å²) < 4.78 is 0. The van der Waals surface area contributed by atoms with Crippen LogP contribution in [0.5, 0.6) is 0 Å². The zero-order valence-corrected chi connectivity index (χ0v) is 9.35. The van der Waals surface area contributed by atoms with E-state index in [2.05, 4.69) is 4.99 Å². The van der Waals surface area contributed by atoms with Crippen molar-refractivity contribution in [1.29, 1.82) is 5.41 Å². The summed E-state index contributed by atoms with van der Waals surface area (Å²) in [6.45, 7) is 2.75. The molecule has 0 saturated heterocycles. The summed E-state index contributed by atoms with van der Waals surface area (Å²) in [5.41, 5.74) is 11.4. The molecule has 1 aromatic rings. The van der Waals surface area contributed by atoms with Gasteiger partial charge in [0, 0.05) is 12.2 Å². The molecule has 16 heavy (non-hydrogen) atoms. The first-order chi connectivity index (χ1) is 7.65. The molecule has 0 aliphatic heterocycles. The Morgan fingerprint density at radius 3 is 2.44 bits per heavy atom. The second kappa shape index (κ2) is 5.75. The van der Waals surface area contributed by atoms with Gasteiger partial charge in [0.1, 0.15) is 0 Å². The van der Waals surface area contributed by atoms with Crippen LogP contribution in [0, 0.1) is 5.41 Å². The molecule has 0 fully saturated rings. The smallest absolute Gasteiger partial charge is 0.225 e. The summed E-state index contributed by atoms with van der Waals surface area (Å²) in [5.74, 6) is -0.0323. The van der Waals surface area contributed by atoms with Crippen LogP contribution < -0.4 is 16.4 Å². The Balaban J connectivity index is 2.92. The second-order valence-electron chi connectivity index (χ2n) is 3.35. The van der Waals surface area contributed by atoms with Gasteiger partial charge in [0.2, 0.25) is 5.96 Å². The molecule has 0 bridgehead atoms. The summed E-state index contributed by atoms with van der Waals surface area (Å²) in [7, 11) is 0. The van der Waals surface area contributed by atoms with E-state index in [1.165, 1.54) is 0 Å². The average molecular weight is 219 g/mol. The molecule has 0 radical (unpaired) electrons. The molecule has 0 aliphatic carbocycles. The Bertz CT molecular complexity index is 367. The highest BCUT2D eigenvalue weighted by molar-refractivity contribution is 6.01. The predicted molar refractivity (Wildman–Crippen MR) is 67.6 cm³/mol. The van der Waals surface area contributed by atoms with Crippen LogP contribution in [-0.4, -0.2) is 18.5 Å². The van der Waals surface area contributed by atoms with Gasteiger partial charge in [-0.2, -0.15) is 4.99 Å². The van der Waals surface area contributed by atoms with Gasteiger partial charge in [-0.3, -0.25) is 5.41 Å². The molecule has 0 spiro atoms. The average Bonchev–Trinajstić information content (AvgIpc) is 2.26. The Morgan fingerprint density at radius 1 is 1.31 bits per heavy atom. The maximum Gasteiger partial charge on any atom is 0.225 e. The van der Waals surface area contributed by atoms with Crippen molar-refractivity contribution in [2.75, 3.05) is 11.4 Å². The minimum atomic E-state index is -0.0953. The van der Waals surface area contributed by atoms with Crippen LogP contribution in [0.25, 0.3) is 0 Å². The van der Waals surface area contributed by atoms with E-state index in [9.17, 15) is 0 Å². The lowest BCUT2D eigenvalue weighted by molar-refractivity contribution is 0.893. The van der Waals surface area contributed by atoms with E-state index in [0.717, 1.165) is 12.1 Å². The van der Waals surface area contributed by atoms with Crippen LogP contribution >= 0.6 is 0 Å². The first-order valence-electron chi connectivity index (χ1n) is 5.16. The number of rotatable bonds is 3. The summed E-state index contributed by atoms with van der Waals surface area (Å²) in [6.07, 6.45) is 0.914. The predicted octanol–water partition coefficient (Wildman–Crippen LogP) is 1.11. The van der Waals surface area contributed by atoms with Crippen LogP contribution in [0.15, 0.2) is 35.3 Å². The first kappa shape index (κ1) is 12.0. The van der Waals surface area contributed by atoms with Gasteiger partial charge in [-0.05, 0) is 18.6 Å². The summed E-state index contributed by atoms with van der Waals surface area (Å²) in [5, 5.41) is 7.80. The highest BCUT2D eigenvalue weighted by Crippen LogP contribution is 2.14. The van der Waals surface area contributed by atoms with E-state index in [-0.39, 0.29) is 11.9 Å². The summed E-state index contributed by atoms with van der Waals surface area (Å²) in [4.78, 5) is 5.52. The van der Waals surface area contributed by atoms with Crippen LogP contribution in [0.1, 0.15) is 13.3 Å². The molecule has 5 N–H and O–H groups in total. The molecular formula is C11H17N5. The topological polar surface area (TPSA) is 91.5 Å². The van der Waals surface area contributed by atoms with Crippen molar-refractivity contribution >= 4 is 17.6 Å². The lowest BCUT2D eigenvalue weighted by Gasteiger charge is -2.21. The fourth-order valence-electron chi connectivity index (χ4n) is 1.37. The van der Waals surface area contributed by atoms with Gasteiger partial charge < -0.3 is 16.4 Å².